The van der Waals surface area contributed by atoms with Gasteiger partial charge in [-0.25, -0.2) is 9.97 Å². The van der Waals surface area contributed by atoms with Gasteiger partial charge in [0.2, 0.25) is 0 Å². The first-order chi connectivity index (χ1) is 14.0. The fourth-order valence-corrected chi connectivity index (χ4v) is 4.16. The summed E-state index contributed by atoms with van der Waals surface area (Å²) in [6.45, 7) is 4.74. The molecule has 5 rings (SSSR count). The number of aromatic nitrogens is 5. The Balaban J connectivity index is 1.65. The van der Waals surface area contributed by atoms with Crippen molar-refractivity contribution in [3.63, 3.8) is 0 Å². The van der Waals surface area contributed by atoms with Gasteiger partial charge in [0.05, 0.1) is 23.4 Å². The van der Waals surface area contributed by atoms with Crippen LogP contribution >= 0.6 is 0 Å². The second-order valence-corrected chi connectivity index (χ2v) is 7.66. The van der Waals surface area contributed by atoms with Gasteiger partial charge >= 0.3 is 0 Å². The summed E-state index contributed by atoms with van der Waals surface area (Å²) < 4.78 is 7.84. The molecule has 0 fully saturated rings. The van der Waals surface area contributed by atoms with Crippen LogP contribution in [0.5, 0.6) is 5.75 Å². The third-order valence-electron chi connectivity index (χ3n) is 5.78. The Labute approximate surface area is 168 Å². The average molecular weight is 388 g/mol. The van der Waals surface area contributed by atoms with E-state index < -0.39 is 0 Å². The zero-order valence-electron chi connectivity index (χ0n) is 16.9. The summed E-state index contributed by atoms with van der Waals surface area (Å²) in [4.78, 5) is 12.7. The number of H-pyrrole nitrogens is 1. The quantitative estimate of drug-likeness (QED) is 0.544. The predicted molar refractivity (Wildman–Crippen MR) is 113 cm³/mol. The van der Waals surface area contributed by atoms with Crippen LogP contribution in [0.4, 0.5) is 0 Å². The molecule has 0 radical (unpaired) electrons. The van der Waals surface area contributed by atoms with E-state index in [9.17, 15) is 0 Å². The summed E-state index contributed by atoms with van der Waals surface area (Å²) in [5.41, 5.74) is 14.1. The second kappa shape index (κ2) is 6.70. The fraction of sp³-hybridized carbons (Fsp3) is 0.318. The molecule has 1 aliphatic heterocycles. The van der Waals surface area contributed by atoms with Gasteiger partial charge in [-0.3, -0.25) is 4.68 Å². The van der Waals surface area contributed by atoms with E-state index in [-0.39, 0.29) is 6.04 Å². The van der Waals surface area contributed by atoms with Crippen LogP contribution in [0.25, 0.3) is 33.7 Å². The molecular formula is C22H24N6O. The molecule has 0 unspecified atom stereocenters. The molecule has 0 spiro atoms. The molecule has 3 N–H and O–H groups in total. The van der Waals surface area contributed by atoms with Gasteiger partial charge in [-0.15, -0.1) is 0 Å². The van der Waals surface area contributed by atoms with Crippen LogP contribution in [-0.2, 0) is 7.05 Å². The predicted octanol–water partition coefficient (Wildman–Crippen LogP) is 3.81. The summed E-state index contributed by atoms with van der Waals surface area (Å²) in [5, 5.41) is 4.51. The molecule has 148 valence electrons. The monoisotopic (exact) mass is 388 g/mol. The lowest BCUT2D eigenvalue weighted by Crippen LogP contribution is -2.08. The minimum atomic E-state index is 0.0225. The van der Waals surface area contributed by atoms with E-state index in [4.69, 9.17) is 15.5 Å². The number of nitrogens with one attached hydrogen (secondary N) is 1. The maximum Gasteiger partial charge on any atom is 0.178 e. The number of rotatable bonds is 2. The summed E-state index contributed by atoms with van der Waals surface area (Å²) in [6, 6.07) is 8.29. The molecule has 0 saturated heterocycles. The first-order valence-corrected chi connectivity index (χ1v) is 9.91. The summed E-state index contributed by atoms with van der Waals surface area (Å²) in [7, 11) is 1.94. The van der Waals surface area contributed by atoms with Crippen molar-refractivity contribution in [2.75, 3.05) is 6.61 Å². The Bertz CT molecular complexity index is 1220. The number of aryl methyl sites for hydroxylation is 2. The van der Waals surface area contributed by atoms with Crippen molar-refractivity contribution in [2.24, 2.45) is 12.8 Å². The number of aromatic amines is 1. The first-order valence-electron chi connectivity index (χ1n) is 9.91. The average Bonchev–Trinajstić information content (AvgIpc) is 3.17. The highest BCUT2D eigenvalue weighted by Gasteiger charge is 2.20. The van der Waals surface area contributed by atoms with E-state index in [0.29, 0.717) is 12.3 Å². The normalized spacial score (nSPS) is 16.5. The standard InChI is InChI=1S/C22H24N6O/c1-12-19(13(2)28(3)27-12)21-25-20-15(8-9-24-22(20)26-21)14-6-7-16-17(23)5-4-10-29-18(16)11-14/h6-9,11,17H,4-5,10,23H2,1-3H3,(H,24,25,26)/t17-/m0/s1. The number of nitrogens with zero attached hydrogens (tertiary/aromatic N) is 4. The minimum absolute atomic E-state index is 0.0225. The van der Waals surface area contributed by atoms with Crippen LogP contribution in [0.3, 0.4) is 0 Å². The zero-order chi connectivity index (χ0) is 20.1. The number of imidazole rings is 1. The van der Waals surface area contributed by atoms with E-state index in [0.717, 1.165) is 63.6 Å². The number of nitrogens with two attached hydrogens (primary N) is 1. The van der Waals surface area contributed by atoms with Gasteiger partial charge in [0.25, 0.3) is 0 Å². The first kappa shape index (κ1) is 17.9. The van der Waals surface area contributed by atoms with E-state index >= 15 is 0 Å². The third kappa shape index (κ3) is 2.89. The zero-order valence-corrected chi connectivity index (χ0v) is 16.9. The van der Waals surface area contributed by atoms with E-state index in [1.807, 2.05) is 31.6 Å². The fourth-order valence-electron chi connectivity index (χ4n) is 4.16. The molecule has 0 saturated carbocycles. The number of pyridine rings is 1. The smallest absolute Gasteiger partial charge is 0.178 e. The van der Waals surface area contributed by atoms with Crippen LogP contribution in [0.2, 0.25) is 0 Å². The van der Waals surface area contributed by atoms with Gasteiger partial charge in [0.1, 0.15) is 11.6 Å². The highest BCUT2D eigenvalue weighted by atomic mass is 16.5. The molecule has 1 atom stereocenters. The molecule has 4 heterocycles. The Morgan fingerprint density at radius 1 is 1.24 bits per heavy atom. The van der Waals surface area contributed by atoms with Gasteiger partial charge in [0, 0.05) is 36.1 Å². The Kier molecular flexibility index (Phi) is 4.13. The van der Waals surface area contributed by atoms with Crippen LogP contribution in [0.15, 0.2) is 30.5 Å². The third-order valence-corrected chi connectivity index (χ3v) is 5.78. The van der Waals surface area contributed by atoms with Gasteiger partial charge in [-0.05, 0) is 44.4 Å². The molecule has 3 aromatic heterocycles. The van der Waals surface area contributed by atoms with Crippen molar-refractivity contribution in [3.05, 3.63) is 47.4 Å². The maximum atomic E-state index is 6.31. The summed E-state index contributed by atoms with van der Waals surface area (Å²) in [5.74, 6) is 1.66. The molecule has 29 heavy (non-hydrogen) atoms. The highest BCUT2D eigenvalue weighted by molar-refractivity contribution is 5.92. The van der Waals surface area contributed by atoms with Gasteiger partial charge in [0.15, 0.2) is 5.65 Å². The largest absolute Gasteiger partial charge is 0.493 e. The second-order valence-electron chi connectivity index (χ2n) is 7.66. The molecule has 7 heteroatoms. The Hall–Kier alpha value is -3.19. The minimum Gasteiger partial charge on any atom is -0.493 e. The van der Waals surface area contributed by atoms with Crippen molar-refractivity contribution in [3.8, 4) is 28.3 Å². The van der Waals surface area contributed by atoms with E-state index in [1.165, 1.54) is 0 Å². The lowest BCUT2D eigenvalue weighted by molar-refractivity contribution is 0.316. The topological polar surface area (TPSA) is 94.6 Å². The Morgan fingerprint density at radius 2 is 2.10 bits per heavy atom. The molecule has 1 aliphatic rings. The molecular weight excluding hydrogens is 364 g/mol. The molecule has 7 nitrogen and oxygen atoms in total. The van der Waals surface area contributed by atoms with E-state index in [2.05, 4.69) is 33.3 Å². The van der Waals surface area contributed by atoms with E-state index in [1.54, 1.807) is 6.20 Å². The van der Waals surface area contributed by atoms with Crippen molar-refractivity contribution in [2.45, 2.75) is 32.7 Å². The highest BCUT2D eigenvalue weighted by Crippen LogP contribution is 2.36. The van der Waals surface area contributed by atoms with Gasteiger partial charge in [-0.1, -0.05) is 12.1 Å². The van der Waals surface area contributed by atoms with Crippen molar-refractivity contribution in [1.82, 2.24) is 24.7 Å². The lowest BCUT2D eigenvalue weighted by Gasteiger charge is -2.13. The number of ether oxygens (including phenoxy) is 1. The van der Waals surface area contributed by atoms with Crippen molar-refractivity contribution in [1.29, 1.82) is 0 Å². The summed E-state index contributed by atoms with van der Waals surface area (Å²) >= 11 is 0. The molecule has 4 aromatic rings. The lowest BCUT2D eigenvalue weighted by atomic mass is 9.98. The number of hydrogen-bond acceptors (Lipinski definition) is 5. The summed E-state index contributed by atoms with van der Waals surface area (Å²) in [6.07, 6.45) is 3.71. The number of hydrogen-bond donors (Lipinski definition) is 2. The molecule has 0 aliphatic carbocycles. The van der Waals surface area contributed by atoms with Crippen LogP contribution in [0.1, 0.15) is 35.8 Å². The number of benzene rings is 1. The molecule has 1 aromatic carbocycles. The Morgan fingerprint density at radius 3 is 2.90 bits per heavy atom. The van der Waals surface area contributed by atoms with Crippen LogP contribution in [-0.4, -0.2) is 31.3 Å². The van der Waals surface area contributed by atoms with Crippen molar-refractivity contribution < 1.29 is 4.74 Å². The van der Waals surface area contributed by atoms with Crippen LogP contribution in [0, 0.1) is 13.8 Å². The van der Waals surface area contributed by atoms with Crippen molar-refractivity contribution >= 4 is 11.2 Å². The molecule has 0 amide bonds. The van der Waals surface area contributed by atoms with Gasteiger partial charge < -0.3 is 15.5 Å². The SMILES string of the molecule is Cc1nn(C)c(C)c1-c1nc2nccc(-c3ccc4c(c3)OCCC[C@@H]4N)c2[nH]1. The van der Waals surface area contributed by atoms with Crippen LogP contribution < -0.4 is 10.5 Å². The number of fused-ring (bicyclic) bond motifs is 2. The van der Waals surface area contributed by atoms with Gasteiger partial charge in [-0.2, -0.15) is 5.10 Å². The molecule has 0 bridgehead atoms. The maximum absolute atomic E-state index is 6.31.